The molecule has 0 aliphatic rings. The summed E-state index contributed by atoms with van der Waals surface area (Å²) in [6.07, 6.45) is 4.04. The summed E-state index contributed by atoms with van der Waals surface area (Å²) < 4.78 is 135. The van der Waals surface area contributed by atoms with Crippen molar-refractivity contribution >= 4 is 36.9 Å². The number of hydrogen-bond donors (Lipinski definition) is 0. The maximum atomic E-state index is 15.0. The van der Waals surface area contributed by atoms with E-state index in [9.17, 15) is 43.9 Å². The fourth-order valence-corrected chi connectivity index (χ4v) is 10.9. The number of aryl methyl sites for hydroxylation is 2. The van der Waals surface area contributed by atoms with E-state index in [-0.39, 0.29) is 10.4 Å². The first kappa shape index (κ1) is 48.0. The van der Waals surface area contributed by atoms with Gasteiger partial charge in [0.05, 0.1) is 0 Å². The lowest BCUT2D eigenvalue weighted by Gasteiger charge is -2.25. The lowest BCUT2D eigenvalue weighted by Crippen LogP contribution is -2.56. The fraction of sp³-hybridized carbons (Fsp3) is 0.234. The second kappa shape index (κ2) is 20.7. The Bertz CT molecular complexity index is 2300. The molecule has 0 aliphatic carbocycles. The van der Waals surface area contributed by atoms with Crippen molar-refractivity contribution in [2.24, 2.45) is 0 Å². The normalized spacial score (nSPS) is 11.4. The standard InChI is InChI=1S/C23H21F5Si.C15H14F2.C9H10ClF3Si/c1-4-5-14-6-8-15(9-7-14)16-10-20(26)23(21(27)11-16)29(2,3)17-12-18(24)22(28)19(25)13-17;1-2-3-11-4-6-12(7-5-11)13-8-14(16)10-15(17)9-13;1-14(2,10)5-6-3-7(11)9(13)8(12)4-6/h6-13H,4-5H2,1-3H3;4-10H,2-3H2,1H3;3-4H,5H2,1-2H3. The third-order valence-electron chi connectivity index (χ3n) is 9.56. The molecule has 0 saturated carbocycles. The minimum Gasteiger partial charge on any atom is -0.207 e. The molecule has 0 atom stereocenters. The maximum Gasteiger partial charge on any atom is 0.194 e. The molecular formula is C47H45ClF10Si2. The van der Waals surface area contributed by atoms with Gasteiger partial charge in [-0.1, -0.05) is 101 Å². The highest BCUT2D eigenvalue weighted by Gasteiger charge is 2.34. The van der Waals surface area contributed by atoms with Crippen LogP contribution in [0.4, 0.5) is 43.9 Å². The van der Waals surface area contributed by atoms with Crippen LogP contribution < -0.4 is 10.4 Å². The highest BCUT2D eigenvalue weighted by Crippen LogP contribution is 2.26. The number of hydrogen-bond acceptors (Lipinski definition) is 0. The van der Waals surface area contributed by atoms with E-state index in [0.29, 0.717) is 28.3 Å². The number of rotatable bonds is 10. The topological polar surface area (TPSA) is 0 Å². The first-order valence-corrected chi connectivity index (χ1v) is 26.5. The Morgan fingerprint density at radius 3 is 1.15 bits per heavy atom. The summed E-state index contributed by atoms with van der Waals surface area (Å²) in [4.78, 5) is 0. The molecule has 0 aliphatic heterocycles. The fourth-order valence-electron chi connectivity index (χ4n) is 6.62. The average molecular weight is 891 g/mol. The molecular weight excluding hydrogens is 846 g/mol. The van der Waals surface area contributed by atoms with Crippen LogP contribution in [0.25, 0.3) is 22.3 Å². The summed E-state index contributed by atoms with van der Waals surface area (Å²) in [6, 6.07) is 25.4. The van der Waals surface area contributed by atoms with Gasteiger partial charge in [-0.25, -0.2) is 43.9 Å². The van der Waals surface area contributed by atoms with Crippen molar-refractivity contribution in [1.82, 2.24) is 0 Å². The van der Waals surface area contributed by atoms with E-state index in [1.54, 1.807) is 13.1 Å². The zero-order valence-corrected chi connectivity index (χ0v) is 36.8. The zero-order chi connectivity index (χ0) is 44.5. The van der Waals surface area contributed by atoms with Crippen molar-refractivity contribution in [3.8, 4) is 22.3 Å². The van der Waals surface area contributed by atoms with E-state index in [1.165, 1.54) is 29.8 Å². The van der Waals surface area contributed by atoms with Crippen molar-refractivity contribution in [2.45, 2.75) is 71.8 Å². The van der Waals surface area contributed by atoms with E-state index in [1.807, 2.05) is 61.6 Å². The van der Waals surface area contributed by atoms with E-state index < -0.39 is 73.6 Å². The van der Waals surface area contributed by atoms with Gasteiger partial charge in [0.1, 0.15) is 31.3 Å². The first-order valence-electron chi connectivity index (χ1n) is 19.2. The molecule has 0 nitrogen and oxygen atoms in total. The van der Waals surface area contributed by atoms with Gasteiger partial charge >= 0.3 is 0 Å². The van der Waals surface area contributed by atoms with Crippen LogP contribution >= 0.6 is 11.1 Å². The Morgan fingerprint density at radius 2 is 0.783 bits per heavy atom. The van der Waals surface area contributed by atoms with Gasteiger partial charge in [0.15, 0.2) is 42.3 Å². The van der Waals surface area contributed by atoms with Crippen molar-refractivity contribution in [1.29, 1.82) is 0 Å². The lowest BCUT2D eigenvalue weighted by molar-refractivity contribution is 0.446. The molecule has 60 heavy (non-hydrogen) atoms. The van der Waals surface area contributed by atoms with Gasteiger partial charge in [0.25, 0.3) is 0 Å². The molecule has 0 unspecified atom stereocenters. The third-order valence-corrected chi connectivity index (χ3v) is 14.7. The van der Waals surface area contributed by atoms with Crippen molar-refractivity contribution in [2.75, 3.05) is 0 Å². The molecule has 0 aromatic heterocycles. The predicted octanol–water partition coefficient (Wildman–Crippen LogP) is 14.0. The summed E-state index contributed by atoms with van der Waals surface area (Å²) in [5.41, 5.74) is 5.26. The SMILES string of the molecule is CCCc1ccc(-c2cc(F)c([Si](C)(C)c3cc(F)c(F)c(F)c3)c(F)c2)cc1.CCCc1ccc(-c2cc(F)cc(F)c2)cc1.C[Si](C)(Cl)Cc1cc(F)c(F)c(F)c1. The molecule has 0 N–H and O–H groups in total. The maximum absolute atomic E-state index is 15.0. The largest absolute Gasteiger partial charge is 0.207 e. The van der Waals surface area contributed by atoms with Crippen LogP contribution in [0.15, 0.2) is 103 Å². The van der Waals surface area contributed by atoms with Gasteiger partial charge in [-0.05, 0) is 112 Å². The van der Waals surface area contributed by atoms with Gasteiger partial charge < -0.3 is 0 Å². The number of halogens is 11. The van der Waals surface area contributed by atoms with Crippen molar-refractivity contribution in [3.63, 3.8) is 0 Å². The van der Waals surface area contributed by atoms with Gasteiger partial charge in [-0.3, -0.25) is 0 Å². The summed E-state index contributed by atoms with van der Waals surface area (Å²) >= 11 is 6.01. The van der Waals surface area contributed by atoms with E-state index in [2.05, 4.69) is 13.8 Å². The highest BCUT2D eigenvalue weighted by atomic mass is 35.6. The predicted molar refractivity (Wildman–Crippen MR) is 228 cm³/mol. The van der Waals surface area contributed by atoms with Gasteiger partial charge in [-0.15, -0.1) is 0 Å². The summed E-state index contributed by atoms with van der Waals surface area (Å²) in [5, 5.41) is -0.127. The minimum atomic E-state index is -3.17. The molecule has 0 saturated heterocycles. The smallest absolute Gasteiger partial charge is 0.194 e. The van der Waals surface area contributed by atoms with Crippen molar-refractivity contribution < 1.29 is 43.9 Å². The minimum absolute atomic E-state index is 0.0726. The zero-order valence-electron chi connectivity index (χ0n) is 34.0. The first-order chi connectivity index (χ1) is 28.1. The van der Waals surface area contributed by atoms with Gasteiger partial charge in [0, 0.05) is 11.3 Å². The Kier molecular flexibility index (Phi) is 16.6. The molecule has 0 radical (unpaired) electrons. The highest BCUT2D eigenvalue weighted by molar-refractivity contribution is 7.18. The van der Waals surface area contributed by atoms with Crippen LogP contribution in [0.1, 0.15) is 43.4 Å². The second-order valence-corrected chi connectivity index (χ2v) is 26.7. The second-order valence-electron chi connectivity index (χ2n) is 15.5. The quantitative estimate of drug-likeness (QED) is 0.0556. The summed E-state index contributed by atoms with van der Waals surface area (Å²) in [6.45, 7) is 11.0. The molecule has 0 amide bonds. The van der Waals surface area contributed by atoms with Gasteiger partial charge in [-0.2, -0.15) is 11.1 Å². The molecule has 6 aromatic carbocycles. The Balaban J connectivity index is 0.000000217. The molecule has 0 fully saturated rings. The third kappa shape index (κ3) is 12.9. The molecule has 13 heteroatoms. The molecule has 6 aromatic rings. The monoisotopic (exact) mass is 890 g/mol. The lowest BCUT2D eigenvalue weighted by atomic mass is 10.0. The van der Waals surface area contributed by atoms with Crippen LogP contribution in [0.3, 0.4) is 0 Å². The number of benzene rings is 6. The Morgan fingerprint density at radius 1 is 0.417 bits per heavy atom. The van der Waals surface area contributed by atoms with E-state index >= 15 is 0 Å². The summed E-state index contributed by atoms with van der Waals surface area (Å²) in [5.74, 6) is -10.7. The van der Waals surface area contributed by atoms with Crippen LogP contribution in [-0.2, 0) is 18.9 Å². The Labute approximate surface area is 351 Å². The van der Waals surface area contributed by atoms with E-state index in [0.717, 1.165) is 67.1 Å². The van der Waals surface area contributed by atoms with Gasteiger partial charge in [0.2, 0.25) is 0 Å². The summed E-state index contributed by atoms with van der Waals surface area (Å²) in [7, 11) is -5.12. The Hall–Kier alpha value is -4.66. The van der Waals surface area contributed by atoms with Crippen LogP contribution in [0, 0.1) is 58.2 Å². The van der Waals surface area contributed by atoms with E-state index in [4.69, 9.17) is 11.1 Å². The van der Waals surface area contributed by atoms with Crippen LogP contribution in [0.2, 0.25) is 26.2 Å². The van der Waals surface area contributed by atoms with Crippen LogP contribution in [-0.4, -0.2) is 15.5 Å². The average Bonchev–Trinajstić information content (AvgIpc) is 3.16. The molecule has 0 spiro atoms. The van der Waals surface area contributed by atoms with Crippen LogP contribution in [0.5, 0.6) is 0 Å². The molecule has 318 valence electrons. The van der Waals surface area contributed by atoms with Crippen molar-refractivity contribution in [3.05, 3.63) is 178 Å². The molecule has 0 heterocycles. The molecule has 0 bridgehead atoms. The molecule has 6 rings (SSSR count).